The number of rotatable bonds is 0. The lowest BCUT2D eigenvalue weighted by molar-refractivity contribution is -0.141. The van der Waals surface area contributed by atoms with Crippen LogP contribution >= 0.6 is 0 Å². The normalized spacial score (nSPS) is 19.0. The quantitative estimate of drug-likeness (QED) is 0.709. The van der Waals surface area contributed by atoms with Gasteiger partial charge in [0.05, 0.1) is 5.70 Å². The number of nitrogens with zero attached hydrogens (tertiary/aromatic N) is 3. The SMILES string of the molecule is CN1C=C2CCCC=C2n2nc(C(F)(F)F)cc21. The van der Waals surface area contributed by atoms with Gasteiger partial charge in [0, 0.05) is 19.3 Å². The molecule has 1 aliphatic heterocycles. The van der Waals surface area contributed by atoms with Gasteiger partial charge in [-0.1, -0.05) is 6.08 Å². The van der Waals surface area contributed by atoms with Crippen molar-refractivity contribution in [2.75, 3.05) is 11.9 Å². The minimum absolute atomic E-state index is 0.458. The largest absolute Gasteiger partial charge is 0.435 e. The molecule has 18 heavy (non-hydrogen) atoms. The van der Waals surface area contributed by atoms with Crippen LogP contribution in [0, 0.1) is 0 Å². The molecule has 3 nitrogen and oxygen atoms in total. The number of anilines is 1. The third-order valence-corrected chi connectivity index (χ3v) is 3.24. The van der Waals surface area contributed by atoms with Gasteiger partial charge in [-0.3, -0.25) is 0 Å². The Morgan fingerprint density at radius 1 is 1.33 bits per heavy atom. The molecular formula is C12H12F3N3. The first-order valence-electron chi connectivity index (χ1n) is 5.78. The molecule has 0 amide bonds. The molecule has 3 rings (SSSR count). The summed E-state index contributed by atoms with van der Waals surface area (Å²) in [5.74, 6) is 0.458. The number of allylic oxidation sites excluding steroid dienone is 3. The maximum absolute atomic E-state index is 12.7. The highest BCUT2D eigenvalue weighted by molar-refractivity contribution is 5.73. The summed E-state index contributed by atoms with van der Waals surface area (Å²) in [6.45, 7) is 0. The van der Waals surface area contributed by atoms with E-state index in [9.17, 15) is 13.2 Å². The average Bonchev–Trinajstić information content (AvgIpc) is 2.74. The van der Waals surface area contributed by atoms with Crippen LogP contribution in [-0.4, -0.2) is 16.8 Å². The average molecular weight is 255 g/mol. The molecule has 0 bridgehead atoms. The van der Waals surface area contributed by atoms with E-state index in [1.54, 1.807) is 11.9 Å². The molecule has 1 aliphatic carbocycles. The van der Waals surface area contributed by atoms with Crippen molar-refractivity contribution in [3.63, 3.8) is 0 Å². The first kappa shape index (κ1) is 11.4. The van der Waals surface area contributed by atoms with Crippen molar-refractivity contribution >= 4 is 11.5 Å². The lowest BCUT2D eigenvalue weighted by atomic mass is 9.98. The molecule has 0 spiro atoms. The van der Waals surface area contributed by atoms with Gasteiger partial charge < -0.3 is 4.90 Å². The fraction of sp³-hybridized carbons (Fsp3) is 0.417. The molecule has 0 fully saturated rings. The summed E-state index contributed by atoms with van der Waals surface area (Å²) in [5.41, 5.74) is 1.00. The van der Waals surface area contributed by atoms with Gasteiger partial charge in [-0.15, -0.1) is 0 Å². The van der Waals surface area contributed by atoms with E-state index in [-0.39, 0.29) is 0 Å². The Morgan fingerprint density at radius 2 is 2.11 bits per heavy atom. The third kappa shape index (κ3) is 1.63. The second-order valence-corrected chi connectivity index (χ2v) is 4.54. The summed E-state index contributed by atoms with van der Waals surface area (Å²) < 4.78 is 39.5. The molecular weight excluding hydrogens is 243 g/mol. The van der Waals surface area contributed by atoms with Crippen molar-refractivity contribution in [1.82, 2.24) is 9.78 Å². The molecule has 0 aromatic carbocycles. The molecule has 1 aromatic heterocycles. The highest BCUT2D eigenvalue weighted by Crippen LogP contribution is 2.38. The lowest BCUT2D eigenvalue weighted by Gasteiger charge is -2.28. The van der Waals surface area contributed by atoms with Crippen molar-refractivity contribution < 1.29 is 13.2 Å². The summed E-state index contributed by atoms with van der Waals surface area (Å²) >= 11 is 0. The van der Waals surface area contributed by atoms with Crippen LogP contribution in [0.25, 0.3) is 5.70 Å². The van der Waals surface area contributed by atoms with Crippen molar-refractivity contribution in [3.05, 3.63) is 29.6 Å². The minimum Gasteiger partial charge on any atom is -0.336 e. The predicted molar refractivity (Wildman–Crippen MR) is 61.8 cm³/mol. The highest BCUT2D eigenvalue weighted by Gasteiger charge is 2.37. The number of halogens is 3. The molecule has 0 saturated carbocycles. The van der Waals surface area contributed by atoms with Crippen LogP contribution in [0.15, 0.2) is 23.9 Å². The predicted octanol–water partition coefficient (Wildman–Crippen LogP) is 3.26. The maximum atomic E-state index is 12.7. The topological polar surface area (TPSA) is 21.1 Å². The summed E-state index contributed by atoms with van der Waals surface area (Å²) in [4.78, 5) is 1.69. The van der Waals surface area contributed by atoms with E-state index in [0.717, 1.165) is 36.6 Å². The van der Waals surface area contributed by atoms with Gasteiger partial charge in [0.15, 0.2) is 5.69 Å². The Morgan fingerprint density at radius 3 is 2.83 bits per heavy atom. The van der Waals surface area contributed by atoms with Crippen molar-refractivity contribution in [3.8, 4) is 0 Å². The van der Waals surface area contributed by atoms with E-state index in [0.29, 0.717) is 5.82 Å². The zero-order chi connectivity index (χ0) is 12.9. The molecule has 1 aromatic rings. The molecule has 0 unspecified atom stereocenters. The molecule has 0 radical (unpaired) electrons. The Kier molecular flexibility index (Phi) is 2.30. The Hall–Kier alpha value is -1.72. The van der Waals surface area contributed by atoms with E-state index in [4.69, 9.17) is 0 Å². The van der Waals surface area contributed by atoms with Crippen molar-refractivity contribution in [2.24, 2.45) is 0 Å². The number of alkyl halides is 3. The van der Waals surface area contributed by atoms with Crippen molar-refractivity contribution in [2.45, 2.75) is 25.4 Å². The number of fused-ring (bicyclic) bond motifs is 3. The fourth-order valence-electron chi connectivity index (χ4n) is 2.38. The Labute approximate surface area is 102 Å². The number of hydrogen-bond donors (Lipinski definition) is 0. The van der Waals surface area contributed by atoms with Gasteiger partial charge in [0.25, 0.3) is 0 Å². The van der Waals surface area contributed by atoms with E-state index in [1.165, 1.54) is 4.68 Å². The fourth-order valence-corrected chi connectivity index (χ4v) is 2.38. The van der Waals surface area contributed by atoms with Gasteiger partial charge in [0.1, 0.15) is 5.82 Å². The number of aromatic nitrogens is 2. The van der Waals surface area contributed by atoms with Crippen LogP contribution in [0.3, 0.4) is 0 Å². The monoisotopic (exact) mass is 255 g/mol. The number of hydrogen-bond acceptors (Lipinski definition) is 2. The second kappa shape index (κ2) is 3.63. The van der Waals surface area contributed by atoms with Gasteiger partial charge >= 0.3 is 6.18 Å². The first-order valence-corrected chi connectivity index (χ1v) is 5.78. The molecule has 2 heterocycles. The first-order chi connectivity index (χ1) is 8.47. The lowest BCUT2D eigenvalue weighted by Crippen LogP contribution is -2.22. The zero-order valence-electron chi connectivity index (χ0n) is 9.83. The minimum atomic E-state index is -4.40. The molecule has 0 N–H and O–H groups in total. The molecule has 96 valence electrons. The van der Waals surface area contributed by atoms with Crippen molar-refractivity contribution in [1.29, 1.82) is 0 Å². The molecule has 6 heteroatoms. The zero-order valence-corrected chi connectivity index (χ0v) is 9.83. The smallest absolute Gasteiger partial charge is 0.336 e. The van der Waals surface area contributed by atoms with Gasteiger partial charge in [0.2, 0.25) is 0 Å². The second-order valence-electron chi connectivity index (χ2n) is 4.54. The van der Waals surface area contributed by atoms with Gasteiger partial charge in [-0.25, -0.2) is 4.68 Å². The van der Waals surface area contributed by atoms with E-state index < -0.39 is 11.9 Å². The summed E-state index contributed by atoms with van der Waals surface area (Å²) in [6, 6.07) is 1.09. The summed E-state index contributed by atoms with van der Waals surface area (Å²) in [5, 5.41) is 3.70. The maximum Gasteiger partial charge on any atom is 0.435 e. The van der Waals surface area contributed by atoms with Crippen LogP contribution in [0.2, 0.25) is 0 Å². The summed E-state index contributed by atoms with van der Waals surface area (Å²) in [7, 11) is 1.74. The van der Waals surface area contributed by atoms with Crippen LogP contribution in [0.4, 0.5) is 19.0 Å². The van der Waals surface area contributed by atoms with E-state index >= 15 is 0 Å². The Balaban J connectivity index is 2.14. The van der Waals surface area contributed by atoms with E-state index in [2.05, 4.69) is 5.10 Å². The van der Waals surface area contributed by atoms with Crippen LogP contribution in [0.5, 0.6) is 0 Å². The molecule has 2 aliphatic rings. The molecule has 0 atom stereocenters. The van der Waals surface area contributed by atoms with Crippen LogP contribution < -0.4 is 4.90 Å². The van der Waals surface area contributed by atoms with E-state index in [1.807, 2.05) is 12.3 Å². The van der Waals surface area contributed by atoms with Gasteiger partial charge in [-0.05, 0) is 24.8 Å². The standard InChI is InChI=1S/C12H12F3N3/c1-17-7-8-4-2-3-5-9(8)18-11(17)6-10(16-18)12(13,14)15/h5-7H,2-4H2,1H3. The van der Waals surface area contributed by atoms with Gasteiger partial charge in [-0.2, -0.15) is 18.3 Å². The molecule has 0 saturated heterocycles. The highest BCUT2D eigenvalue weighted by atomic mass is 19.4. The van der Waals surface area contributed by atoms with Crippen LogP contribution in [0.1, 0.15) is 25.0 Å². The Bertz CT molecular complexity index is 551. The van der Waals surface area contributed by atoms with Crippen LogP contribution in [-0.2, 0) is 6.18 Å². The third-order valence-electron chi connectivity index (χ3n) is 3.24. The summed E-state index contributed by atoms with van der Waals surface area (Å²) in [6.07, 6.45) is 2.25.